The van der Waals surface area contributed by atoms with Gasteiger partial charge in [0.15, 0.2) is 0 Å². The van der Waals surface area contributed by atoms with Gasteiger partial charge < -0.3 is 0 Å². The average Bonchev–Trinajstić information content (AvgIpc) is 2.21. The third kappa shape index (κ3) is 5.22. The lowest BCUT2D eigenvalue weighted by Gasteiger charge is -2.12. The molecule has 1 aliphatic carbocycles. The van der Waals surface area contributed by atoms with Crippen molar-refractivity contribution >= 4 is 21.8 Å². The highest BCUT2D eigenvalue weighted by atomic mass is 32.2. The van der Waals surface area contributed by atoms with Gasteiger partial charge in [0.05, 0.1) is 10.1 Å². The van der Waals surface area contributed by atoms with E-state index in [1.807, 2.05) is 13.8 Å². The lowest BCUT2D eigenvalue weighted by atomic mass is 10.0. The lowest BCUT2D eigenvalue weighted by molar-refractivity contribution is 0.718. The largest absolute Gasteiger partial charge is 0.298 e. The van der Waals surface area contributed by atoms with Gasteiger partial charge in [0, 0.05) is 0 Å². The van der Waals surface area contributed by atoms with Gasteiger partial charge in [-0.25, -0.2) is 0 Å². The van der Waals surface area contributed by atoms with E-state index < -0.39 is 0 Å². The molecule has 0 amide bonds. The molecule has 80 valence electrons. The molecule has 0 atom stereocenters. The van der Waals surface area contributed by atoms with Crippen molar-refractivity contribution in [1.82, 2.24) is 0 Å². The zero-order valence-electron chi connectivity index (χ0n) is 9.31. The molecular weight excluding hydrogens is 192 g/mol. The second kappa shape index (κ2) is 7.80. The Balaban J connectivity index is 0.000000791. The van der Waals surface area contributed by atoms with Crippen molar-refractivity contribution < 1.29 is 0 Å². The van der Waals surface area contributed by atoms with Crippen molar-refractivity contribution in [2.24, 2.45) is 0 Å². The summed E-state index contributed by atoms with van der Waals surface area (Å²) in [4.78, 5) is 0. The van der Waals surface area contributed by atoms with Crippen molar-refractivity contribution in [3.05, 3.63) is 11.6 Å². The first-order valence-corrected chi connectivity index (χ1v) is 6.03. The first-order valence-electron chi connectivity index (χ1n) is 5.21. The summed E-state index contributed by atoms with van der Waals surface area (Å²) in [7, 11) is 0. The van der Waals surface area contributed by atoms with Gasteiger partial charge in [0.1, 0.15) is 0 Å². The number of nitrogens with one attached hydrogen (secondary N) is 2. The van der Waals surface area contributed by atoms with Crippen LogP contribution in [-0.4, -0.2) is 10.1 Å². The molecule has 0 radical (unpaired) electrons. The highest BCUT2D eigenvalue weighted by Crippen LogP contribution is 2.22. The summed E-state index contributed by atoms with van der Waals surface area (Å²) in [6, 6.07) is 0. The quantitative estimate of drug-likeness (QED) is 0.496. The molecule has 2 N–H and O–H groups in total. The van der Waals surface area contributed by atoms with Gasteiger partial charge in [-0.15, -0.1) is 0 Å². The summed E-state index contributed by atoms with van der Waals surface area (Å²) in [5.41, 5.74) is 1.14. The number of allylic oxidation sites excluding steroid dienone is 1. The number of hydrogen-bond acceptors (Lipinski definition) is 3. The molecule has 0 aliphatic heterocycles. The molecule has 1 rings (SSSR count). The summed E-state index contributed by atoms with van der Waals surface area (Å²) in [5.74, 6) is 0. The number of thioether (sulfide) groups is 1. The van der Waals surface area contributed by atoms with E-state index in [-0.39, 0.29) is 0 Å². The van der Waals surface area contributed by atoms with Crippen molar-refractivity contribution in [3.8, 4) is 0 Å². The zero-order chi connectivity index (χ0) is 11.0. The lowest BCUT2D eigenvalue weighted by Crippen LogP contribution is -2.02. The van der Waals surface area contributed by atoms with Gasteiger partial charge in [-0.1, -0.05) is 31.7 Å². The van der Waals surface area contributed by atoms with Gasteiger partial charge in [-0.2, -0.15) is 0 Å². The van der Waals surface area contributed by atoms with Crippen molar-refractivity contribution in [3.63, 3.8) is 0 Å². The third-order valence-corrected chi connectivity index (χ3v) is 2.61. The van der Waals surface area contributed by atoms with Crippen LogP contribution in [0.3, 0.4) is 0 Å². The van der Waals surface area contributed by atoms with Crippen LogP contribution >= 0.6 is 11.8 Å². The van der Waals surface area contributed by atoms with Crippen LogP contribution in [0.1, 0.15) is 46.5 Å². The predicted molar refractivity (Wildman–Crippen MR) is 66.6 cm³/mol. The fourth-order valence-corrected chi connectivity index (χ4v) is 1.89. The first kappa shape index (κ1) is 13.4. The summed E-state index contributed by atoms with van der Waals surface area (Å²) >= 11 is 1.26. The monoisotopic (exact) mass is 212 g/mol. The van der Waals surface area contributed by atoms with Crippen LogP contribution in [0.2, 0.25) is 0 Å². The molecule has 2 nitrogen and oxygen atoms in total. The average molecular weight is 212 g/mol. The van der Waals surface area contributed by atoms with E-state index in [0.29, 0.717) is 10.1 Å². The Hall–Kier alpha value is -0.570. The van der Waals surface area contributed by atoms with Crippen LogP contribution in [0.4, 0.5) is 0 Å². The molecule has 0 bridgehead atoms. The van der Waals surface area contributed by atoms with E-state index in [2.05, 4.69) is 6.08 Å². The van der Waals surface area contributed by atoms with Crippen LogP contribution in [0, 0.1) is 10.8 Å². The Bertz CT molecular complexity index is 231. The molecule has 0 aromatic heterocycles. The van der Waals surface area contributed by atoms with Crippen molar-refractivity contribution in [2.75, 3.05) is 0 Å². The molecule has 14 heavy (non-hydrogen) atoms. The molecule has 0 saturated heterocycles. The maximum atomic E-state index is 7.67. The van der Waals surface area contributed by atoms with Gasteiger partial charge in [-0.3, -0.25) is 10.8 Å². The molecule has 0 saturated carbocycles. The van der Waals surface area contributed by atoms with E-state index >= 15 is 0 Å². The highest BCUT2D eigenvalue weighted by molar-refractivity contribution is 8.26. The molecular formula is C11H20N2S. The van der Waals surface area contributed by atoms with Gasteiger partial charge >= 0.3 is 0 Å². The van der Waals surface area contributed by atoms with Crippen LogP contribution in [0.5, 0.6) is 0 Å². The summed E-state index contributed by atoms with van der Waals surface area (Å²) < 4.78 is 0. The highest BCUT2D eigenvalue weighted by Gasteiger charge is 2.09. The smallest absolute Gasteiger partial charge is 0.0957 e. The molecule has 1 aliphatic rings. The molecule has 0 unspecified atom stereocenters. The maximum absolute atomic E-state index is 7.67. The van der Waals surface area contributed by atoms with Crippen molar-refractivity contribution in [2.45, 2.75) is 46.5 Å². The molecule has 0 spiro atoms. The molecule has 3 heteroatoms. The van der Waals surface area contributed by atoms with Crippen LogP contribution < -0.4 is 0 Å². The van der Waals surface area contributed by atoms with E-state index in [0.717, 1.165) is 18.4 Å². The predicted octanol–water partition coefficient (Wildman–Crippen LogP) is 4.22. The molecule has 0 aromatic rings. The van der Waals surface area contributed by atoms with Crippen molar-refractivity contribution in [1.29, 1.82) is 10.8 Å². The third-order valence-electron chi connectivity index (χ3n) is 1.84. The Morgan fingerprint density at radius 2 is 1.93 bits per heavy atom. The van der Waals surface area contributed by atoms with E-state index in [1.54, 1.807) is 6.92 Å². The minimum Gasteiger partial charge on any atom is -0.298 e. The normalized spacial score (nSPS) is 14.9. The van der Waals surface area contributed by atoms with Gasteiger partial charge in [0.2, 0.25) is 0 Å². The Labute approximate surface area is 91.2 Å². The van der Waals surface area contributed by atoms with Crippen LogP contribution in [0.25, 0.3) is 0 Å². The minimum atomic E-state index is 0.506. The Kier molecular flexibility index (Phi) is 7.48. The zero-order valence-corrected chi connectivity index (χ0v) is 10.1. The second-order valence-electron chi connectivity index (χ2n) is 2.96. The van der Waals surface area contributed by atoms with Gasteiger partial charge in [0.25, 0.3) is 0 Å². The summed E-state index contributed by atoms with van der Waals surface area (Å²) in [6.45, 7) is 5.72. The topological polar surface area (TPSA) is 47.7 Å². The number of hydrogen-bond donors (Lipinski definition) is 2. The van der Waals surface area contributed by atoms with Crippen LogP contribution in [-0.2, 0) is 0 Å². The van der Waals surface area contributed by atoms with Crippen LogP contribution in [0.15, 0.2) is 11.6 Å². The number of rotatable bonds is 1. The summed E-state index contributed by atoms with van der Waals surface area (Å²) in [5, 5.41) is 16.0. The Morgan fingerprint density at radius 3 is 2.36 bits per heavy atom. The van der Waals surface area contributed by atoms with E-state index in [1.165, 1.54) is 24.6 Å². The minimum absolute atomic E-state index is 0.506. The molecule has 0 fully saturated rings. The molecule has 0 aromatic carbocycles. The first-order chi connectivity index (χ1) is 6.70. The van der Waals surface area contributed by atoms with Gasteiger partial charge in [-0.05, 0) is 38.2 Å². The standard InChI is InChI=1S/C9H14N2S.C2H6/c1-7(10)12-9(11)8-5-3-2-4-6-8;1-2/h5,10-11H,2-4,6H2,1H3;1-2H3. The summed E-state index contributed by atoms with van der Waals surface area (Å²) in [6.07, 6.45) is 6.73. The Morgan fingerprint density at radius 1 is 1.29 bits per heavy atom. The fraction of sp³-hybridized carbons (Fsp3) is 0.636. The second-order valence-corrected chi connectivity index (χ2v) is 4.19. The van der Waals surface area contributed by atoms with E-state index in [9.17, 15) is 0 Å². The maximum Gasteiger partial charge on any atom is 0.0957 e. The molecule has 0 heterocycles. The SMILES string of the molecule is CC.CC(=N)SC(=N)C1=CCCCC1. The van der Waals surface area contributed by atoms with E-state index in [4.69, 9.17) is 10.8 Å². The fourth-order valence-electron chi connectivity index (χ4n) is 1.26.